The predicted molar refractivity (Wildman–Crippen MR) is 84.1 cm³/mol. The van der Waals surface area contributed by atoms with Crippen LogP contribution < -0.4 is 10.5 Å². The molecule has 0 radical (unpaired) electrons. The summed E-state index contributed by atoms with van der Waals surface area (Å²) in [5.41, 5.74) is 6.92. The lowest BCUT2D eigenvalue weighted by atomic mass is 10.1. The third kappa shape index (κ3) is 2.68. The van der Waals surface area contributed by atoms with Gasteiger partial charge in [0.15, 0.2) is 11.6 Å². The van der Waals surface area contributed by atoms with Gasteiger partial charge in [-0.25, -0.2) is 9.37 Å². The maximum absolute atomic E-state index is 13.7. The molecule has 0 aliphatic heterocycles. The first kappa shape index (κ1) is 13.5. The van der Waals surface area contributed by atoms with Crippen LogP contribution in [0.3, 0.4) is 0 Å². The zero-order valence-electron chi connectivity index (χ0n) is 10.9. The minimum atomic E-state index is -0.471. The number of pyridine rings is 1. The molecule has 0 saturated carbocycles. The maximum atomic E-state index is 13.7. The third-order valence-electron chi connectivity index (χ3n) is 3.00. The van der Waals surface area contributed by atoms with Crippen molar-refractivity contribution >= 4 is 28.1 Å². The van der Waals surface area contributed by atoms with Gasteiger partial charge in [0.1, 0.15) is 4.99 Å². The molecule has 0 unspecified atom stereocenters. The summed E-state index contributed by atoms with van der Waals surface area (Å²) in [7, 11) is 0. The summed E-state index contributed by atoms with van der Waals surface area (Å²) < 4.78 is 19.3. The number of thiocarbonyl (C=S) groups is 1. The molecule has 0 spiro atoms. The van der Waals surface area contributed by atoms with Crippen molar-refractivity contribution < 1.29 is 9.13 Å². The fraction of sp³-hybridized carbons (Fsp3) is 0. The summed E-state index contributed by atoms with van der Waals surface area (Å²) in [5, 5.41) is 0.890. The Labute approximate surface area is 126 Å². The molecule has 104 valence electrons. The summed E-state index contributed by atoms with van der Waals surface area (Å²) in [6.07, 6.45) is 0. The Kier molecular flexibility index (Phi) is 3.50. The van der Waals surface area contributed by atoms with Crippen molar-refractivity contribution in [1.82, 2.24) is 4.98 Å². The molecule has 0 amide bonds. The number of para-hydroxylation sites is 2. The zero-order valence-corrected chi connectivity index (χ0v) is 11.7. The smallest absolute Gasteiger partial charge is 0.230 e. The van der Waals surface area contributed by atoms with Crippen LogP contribution >= 0.6 is 12.2 Å². The molecular weight excluding hydrogens is 287 g/mol. The maximum Gasteiger partial charge on any atom is 0.230 e. The highest BCUT2D eigenvalue weighted by Crippen LogP contribution is 2.28. The summed E-state index contributed by atoms with van der Waals surface area (Å²) in [5.74, 6) is -0.189. The van der Waals surface area contributed by atoms with Crippen LogP contribution in [0.25, 0.3) is 10.9 Å². The molecule has 3 aromatic rings. The van der Waals surface area contributed by atoms with Gasteiger partial charge >= 0.3 is 0 Å². The monoisotopic (exact) mass is 298 g/mol. The van der Waals surface area contributed by atoms with Gasteiger partial charge in [-0.15, -0.1) is 0 Å². The van der Waals surface area contributed by atoms with Crippen molar-refractivity contribution in [1.29, 1.82) is 0 Å². The van der Waals surface area contributed by atoms with Gasteiger partial charge in [-0.1, -0.05) is 42.5 Å². The highest BCUT2D eigenvalue weighted by Gasteiger charge is 2.13. The van der Waals surface area contributed by atoms with Gasteiger partial charge in [-0.3, -0.25) is 0 Å². The van der Waals surface area contributed by atoms with Gasteiger partial charge in [-0.2, -0.15) is 0 Å². The molecule has 2 aromatic carbocycles. The standard InChI is InChI=1S/C16H11FN2OS/c17-12-6-2-4-8-14(12)20-16-11(15(18)21)9-10-5-1-3-7-13(10)19-16/h1-9H,(H2,18,21). The van der Waals surface area contributed by atoms with E-state index in [2.05, 4.69) is 4.98 Å². The third-order valence-corrected chi connectivity index (χ3v) is 3.22. The molecule has 5 heteroatoms. The first-order valence-corrected chi connectivity index (χ1v) is 6.68. The average molecular weight is 298 g/mol. The molecule has 1 aromatic heterocycles. The average Bonchev–Trinajstić information content (AvgIpc) is 2.48. The molecule has 21 heavy (non-hydrogen) atoms. The molecular formula is C16H11FN2OS. The zero-order chi connectivity index (χ0) is 14.8. The van der Waals surface area contributed by atoms with Gasteiger partial charge in [-0.05, 0) is 24.3 Å². The van der Waals surface area contributed by atoms with E-state index >= 15 is 0 Å². The molecule has 0 aliphatic rings. The minimum absolute atomic E-state index is 0.0813. The second kappa shape index (κ2) is 5.46. The van der Waals surface area contributed by atoms with E-state index in [4.69, 9.17) is 22.7 Å². The van der Waals surface area contributed by atoms with Gasteiger partial charge in [0.25, 0.3) is 0 Å². The Morgan fingerprint density at radius 2 is 1.81 bits per heavy atom. The highest BCUT2D eigenvalue weighted by molar-refractivity contribution is 7.80. The Morgan fingerprint density at radius 3 is 2.57 bits per heavy atom. The minimum Gasteiger partial charge on any atom is -0.435 e. The van der Waals surface area contributed by atoms with Crippen molar-refractivity contribution in [2.75, 3.05) is 0 Å². The van der Waals surface area contributed by atoms with Crippen molar-refractivity contribution in [3.8, 4) is 11.6 Å². The van der Waals surface area contributed by atoms with Crippen molar-refractivity contribution in [3.05, 3.63) is 66.0 Å². The number of nitrogens with two attached hydrogens (primary N) is 1. The Hall–Kier alpha value is -2.53. The first-order chi connectivity index (χ1) is 10.1. The van der Waals surface area contributed by atoms with Gasteiger partial charge in [0.05, 0.1) is 11.1 Å². The van der Waals surface area contributed by atoms with E-state index in [1.807, 2.05) is 24.3 Å². The number of ether oxygens (including phenoxy) is 1. The first-order valence-electron chi connectivity index (χ1n) is 6.27. The fourth-order valence-corrected chi connectivity index (χ4v) is 2.13. The molecule has 3 rings (SSSR count). The van der Waals surface area contributed by atoms with E-state index in [-0.39, 0.29) is 16.6 Å². The van der Waals surface area contributed by atoms with Crippen LogP contribution in [0.5, 0.6) is 11.6 Å². The van der Waals surface area contributed by atoms with Crippen LogP contribution in [0.4, 0.5) is 4.39 Å². The Bertz CT molecular complexity index is 835. The van der Waals surface area contributed by atoms with E-state index in [1.54, 1.807) is 18.2 Å². The van der Waals surface area contributed by atoms with E-state index in [0.29, 0.717) is 5.56 Å². The van der Waals surface area contributed by atoms with Crippen LogP contribution in [-0.4, -0.2) is 9.97 Å². The van der Waals surface area contributed by atoms with Crippen LogP contribution in [0.1, 0.15) is 5.56 Å². The number of halogens is 1. The van der Waals surface area contributed by atoms with Crippen LogP contribution in [0, 0.1) is 5.82 Å². The second-order valence-corrected chi connectivity index (χ2v) is 4.87. The van der Waals surface area contributed by atoms with Crippen LogP contribution in [-0.2, 0) is 0 Å². The second-order valence-electron chi connectivity index (χ2n) is 4.43. The summed E-state index contributed by atoms with van der Waals surface area (Å²) in [6, 6.07) is 15.4. The van der Waals surface area contributed by atoms with E-state index < -0.39 is 5.82 Å². The van der Waals surface area contributed by atoms with Gasteiger partial charge < -0.3 is 10.5 Å². The Balaban J connectivity index is 2.14. The molecule has 1 heterocycles. The largest absolute Gasteiger partial charge is 0.435 e. The lowest BCUT2D eigenvalue weighted by Gasteiger charge is -2.11. The summed E-state index contributed by atoms with van der Waals surface area (Å²) >= 11 is 5.03. The normalized spacial score (nSPS) is 10.5. The molecule has 0 saturated heterocycles. The molecule has 2 N–H and O–H groups in total. The van der Waals surface area contributed by atoms with E-state index in [0.717, 1.165) is 10.9 Å². The van der Waals surface area contributed by atoms with Crippen molar-refractivity contribution in [2.24, 2.45) is 5.73 Å². The van der Waals surface area contributed by atoms with Gasteiger partial charge in [0.2, 0.25) is 5.88 Å². The number of nitrogens with zero attached hydrogens (tertiary/aromatic N) is 1. The van der Waals surface area contributed by atoms with Crippen LogP contribution in [0.15, 0.2) is 54.6 Å². The molecule has 0 fully saturated rings. The SMILES string of the molecule is NC(=S)c1cc2ccccc2nc1Oc1ccccc1F. The van der Waals surface area contributed by atoms with Crippen LogP contribution in [0.2, 0.25) is 0 Å². The number of hydrogen-bond donors (Lipinski definition) is 1. The van der Waals surface area contributed by atoms with E-state index in [1.165, 1.54) is 12.1 Å². The number of benzene rings is 2. The fourth-order valence-electron chi connectivity index (χ4n) is 1.98. The number of fused-ring (bicyclic) bond motifs is 1. The number of rotatable bonds is 3. The number of aromatic nitrogens is 1. The highest BCUT2D eigenvalue weighted by atomic mass is 32.1. The molecule has 0 aliphatic carbocycles. The van der Waals surface area contributed by atoms with Crippen molar-refractivity contribution in [2.45, 2.75) is 0 Å². The topological polar surface area (TPSA) is 48.1 Å². The lowest BCUT2D eigenvalue weighted by Crippen LogP contribution is -2.12. The van der Waals surface area contributed by atoms with Crippen molar-refractivity contribution in [3.63, 3.8) is 0 Å². The lowest BCUT2D eigenvalue weighted by molar-refractivity contribution is 0.428. The predicted octanol–water partition coefficient (Wildman–Crippen LogP) is 3.80. The molecule has 0 atom stereocenters. The number of hydrogen-bond acceptors (Lipinski definition) is 3. The summed E-state index contributed by atoms with van der Waals surface area (Å²) in [4.78, 5) is 4.53. The quantitative estimate of drug-likeness (QED) is 0.747. The summed E-state index contributed by atoms with van der Waals surface area (Å²) in [6.45, 7) is 0. The molecule has 3 nitrogen and oxygen atoms in total. The Morgan fingerprint density at radius 1 is 1.10 bits per heavy atom. The van der Waals surface area contributed by atoms with E-state index in [9.17, 15) is 4.39 Å². The molecule has 0 bridgehead atoms. The van der Waals surface area contributed by atoms with Gasteiger partial charge in [0, 0.05) is 5.39 Å².